The van der Waals surface area contributed by atoms with Crippen LogP contribution in [-0.2, 0) is 15.9 Å². The first-order valence-electron chi connectivity index (χ1n) is 8.80. The molecule has 0 saturated heterocycles. The number of nitrogens with one attached hydrogen (secondary N) is 1. The molecule has 1 aliphatic rings. The van der Waals surface area contributed by atoms with Gasteiger partial charge in [0.25, 0.3) is 0 Å². The largest absolute Gasteiger partial charge is 0.454 e. The summed E-state index contributed by atoms with van der Waals surface area (Å²) in [7, 11) is 0. The fourth-order valence-electron chi connectivity index (χ4n) is 2.62. The minimum atomic E-state index is -0.396. The Morgan fingerprint density at radius 2 is 2.00 bits per heavy atom. The quantitative estimate of drug-likeness (QED) is 0.724. The Balaban J connectivity index is 1.54. The average molecular weight is 351 g/mol. The number of carbonyl (C=O) groups excluding carboxylic acids is 1. The number of benzene rings is 1. The Hall–Kier alpha value is -1.95. The molecule has 1 amide bonds. The van der Waals surface area contributed by atoms with E-state index >= 15 is 0 Å². The summed E-state index contributed by atoms with van der Waals surface area (Å²) in [6.07, 6.45) is 2.22. The monoisotopic (exact) mass is 351 g/mol. The zero-order valence-corrected chi connectivity index (χ0v) is 15.6. The Bertz CT molecular complexity index is 567. The van der Waals surface area contributed by atoms with Gasteiger partial charge >= 0.3 is 6.09 Å². The first kappa shape index (κ1) is 19.4. The Kier molecular flexibility index (Phi) is 6.93. The minimum absolute atomic E-state index is 0.0569. The SMILES string of the molecule is C[C@H](CNC(=O)OCCCCc1ccc2c(c1)OCO2)OC(C)(C)C. The van der Waals surface area contributed by atoms with E-state index in [0.717, 1.165) is 30.8 Å². The fraction of sp³-hybridized carbons (Fsp3) is 0.632. The average Bonchev–Trinajstić information content (AvgIpc) is 2.98. The number of rotatable bonds is 8. The van der Waals surface area contributed by atoms with Gasteiger partial charge in [-0.25, -0.2) is 4.79 Å². The van der Waals surface area contributed by atoms with Gasteiger partial charge in [0.05, 0.1) is 18.3 Å². The second kappa shape index (κ2) is 8.94. The lowest BCUT2D eigenvalue weighted by Crippen LogP contribution is -2.36. The standard InChI is InChI=1S/C19H29NO5/c1-14(25-19(2,3)4)12-20-18(21)22-10-6-5-7-15-8-9-16-17(11-15)24-13-23-16/h8-9,11,14H,5-7,10,12-13H2,1-4H3,(H,20,21)/t14-/m1/s1. The van der Waals surface area contributed by atoms with E-state index in [4.69, 9.17) is 18.9 Å². The van der Waals surface area contributed by atoms with Crippen LogP contribution in [0.3, 0.4) is 0 Å². The van der Waals surface area contributed by atoms with Crippen LogP contribution in [0, 0.1) is 0 Å². The molecule has 0 unspecified atom stereocenters. The molecule has 140 valence electrons. The van der Waals surface area contributed by atoms with Crippen LogP contribution in [0.15, 0.2) is 18.2 Å². The lowest BCUT2D eigenvalue weighted by atomic mass is 10.1. The first-order chi connectivity index (χ1) is 11.8. The highest BCUT2D eigenvalue weighted by Gasteiger charge is 2.16. The van der Waals surface area contributed by atoms with Crippen LogP contribution in [0.5, 0.6) is 11.5 Å². The molecule has 1 heterocycles. The molecule has 1 N–H and O–H groups in total. The zero-order valence-electron chi connectivity index (χ0n) is 15.6. The molecule has 1 atom stereocenters. The van der Waals surface area contributed by atoms with Gasteiger partial charge in [-0.3, -0.25) is 0 Å². The van der Waals surface area contributed by atoms with Crippen LogP contribution in [0.2, 0.25) is 0 Å². The van der Waals surface area contributed by atoms with Crippen molar-refractivity contribution in [3.8, 4) is 11.5 Å². The van der Waals surface area contributed by atoms with Crippen LogP contribution < -0.4 is 14.8 Å². The zero-order chi connectivity index (χ0) is 18.3. The maximum Gasteiger partial charge on any atom is 0.407 e. The minimum Gasteiger partial charge on any atom is -0.454 e. The van der Waals surface area contributed by atoms with Crippen molar-refractivity contribution in [3.05, 3.63) is 23.8 Å². The number of unbranched alkanes of at least 4 members (excludes halogenated alkanes) is 1. The summed E-state index contributed by atoms with van der Waals surface area (Å²) in [5.74, 6) is 1.60. The van der Waals surface area contributed by atoms with Crippen molar-refractivity contribution in [2.45, 2.75) is 58.7 Å². The molecular formula is C19H29NO5. The third-order valence-electron chi connectivity index (χ3n) is 3.62. The van der Waals surface area contributed by atoms with Crippen molar-refractivity contribution in [2.24, 2.45) is 0 Å². The van der Waals surface area contributed by atoms with E-state index in [0.29, 0.717) is 19.9 Å². The Morgan fingerprint density at radius 1 is 1.24 bits per heavy atom. The molecule has 1 aromatic rings. The predicted molar refractivity (Wildman–Crippen MR) is 95.2 cm³/mol. The Labute approximate surface area is 149 Å². The number of aryl methyl sites for hydroxylation is 1. The van der Waals surface area contributed by atoms with Gasteiger partial charge in [0.2, 0.25) is 6.79 Å². The van der Waals surface area contributed by atoms with Gasteiger partial charge < -0.3 is 24.3 Å². The maximum atomic E-state index is 11.7. The summed E-state index contributed by atoms with van der Waals surface area (Å²) in [6, 6.07) is 5.98. The van der Waals surface area contributed by atoms with Crippen molar-refractivity contribution >= 4 is 6.09 Å². The van der Waals surface area contributed by atoms with E-state index in [-0.39, 0.29) is 11.7 Å². The highest BCUT2D eigenvalue weighted by molar-refractivity contribution is 5.67. The van der Waals surface area contributed by atoms with Crippen LogP contribution in [0.25, 0.3) is 0 Å². The topological polar surface area (TPSA) is 66.0 Å². The molecule has 0 spiro atoms. The summed E-state index contributed by atoms with van der Waals surface area (Å²) < 4.78 is 21.6. The molecule has 0 radical (unpaired) electrons. The molecule has 1 aromatic carbocycles. The van der Waals surface area contributed by atoms with Crippen molar-refractivity contribution in [1.82, 2.24) is 5.32 Å². The van der Waals surface area contributed by atoms with Crippen LogP contribution >= 0.6 is 0 Å². The number of hydrogen-bond donors (Lipinski definition) is 1. The van der Waals surface area contributed by atoms with Gasteiger partial charge in [0.1, 0.15) is 0 Å². The highest BCUT2D eigenvalue weighted by atomic mass is 16.7. The molecule has 0 bridgehead atoms. The molecule has 0 aliphatic carbocycles. The summed E-state index contributed by atoms with van der Waals surface area (Å²) in [6.45, 7) is 9.03. The smallest absolute Gasteiger partial charge is 0.407 e. The molecule has 1 aliphatic heterocycles. The summed E-state index contributed by atoms with van der Waals surface area (Å²) >= 11 is 0. The fourth-order valence-corrected chi connectivity index (χ4v) is 2.62. The van der Waals surface area contributed by atoms with Crippen LogP contribution in [-0.4, -0.2) is 37.7 Å². The summed E-state index contributed by atoms with van der Waals surface area (Å²) in [5, 5.41) is 2.73. The number of carbonyl (C=O) groups is 1. The highest BCUT2D eigenvalue weighted by Crippen LogP contribution is 2.32. The normalized spacial score (nSPS) is 14.2. The van der Waals surface area contributed by atoms with Gasteiger partial charge in [0.15, 0.2) is 11.5 Å². The van der Waals surface area contributed by atoms with Gasteiger partial charge in [0, 0.05) is 6.54 Å². The van der Waals surface area contributed by atoms with E-state index in [1.54, 1.807) is 0 Å². The van der Waals surface area contributed by atoms with E-state index in [2.05, 4.69) is 5.32 Å². The van der Waals surface area contributed by atoms with Crippen molar-refractivity contribution in [1.29, 1.82) is 0 Å². The van der Waals surface area contributed by atoms with E-state index in [1.807, 2.05) is 45.9 Å². The molecule has 0 aromatic heterocycles. The van der Waals surface area contributed by atoms with Crippen molar-refractivity contribution < 1.29 is 23.7 Å². The number of fused-ring (bicyclic) bond motifs is 1. The number of amides is 1. The molecule has 25 heavy (non-hydrogen) atoms. The van der Waals surface area contributed by atoms with Crippen molar-refractivity contribution in [2.75, 3.05) is 19.9 Å². The second-order valence-electron chi connectivity index (χ2n) is 7.20. The molecular weight excluding hydrogens is 322 g/mol. The summed E-state index contributed by atoms with van der Waals surface area (Å²) in [5.41, 5.74) is 0.974. The van der Waals surface area contributed by atoms with Crippen LogP contribution in [0.1, 0.15) is 46.1 Å². The van der Waals surface area contributed by atoms with Gasteiger partial charge in [-0.15, -0.1) is 0 Å². The van der Waals surface area contributed by atoms with Gasteiger partial charge in [-0.2, -0.15) is 0 Å². The van der Waals surface area contributed by atoms with E-state index in [9.17, 15) is 4.79 Å². The molecule has 6 heteroatoms. The van der Waals surface area contributed by atoms with Gasteiger partial charge in [-0.05, 0) is 64.7 Å². The molecule has 0 saturated carbocycles. The first-order valence-corrected chi connectivity index (χ1v) is 8.80. The maximum absolute atomic E-state index is 11.7. The van der Waals surface area contributed by atoms with Crippen LogP contribution in [0.4, 0.5) is 4.79 Å². The number of ether oxygens (including phenoxy) is 4. The lowest BCUT2D eigenvalue weighted by molar-refractivity contribution is -0.0496. The summed E-state index contributed by atoms with van der Waals surface area (Å²) in [4.78, 5) is 11.7. The Morgan fingerprint density at radius 3 is 2.76 bits per heavy atom. The van der Waals surface area contributed by atoms with E-state index in [1.165, 1.54) is 5.56 Å². The van der Waals surface area contributed by atoms with Gasteiger partial charge in [-0.1, -0.05) is 6.07 Å². The molecule has 6 nitrogen and oxygen atoms in total. The lowest BCUT2D eigenvalue weighted by Gasteiger charge is -2.25. The van der Waals surface area contributed by atoms with E-state index < -0.39 is 6.09 Å². The van der Waals surface area contributed by atoms with Crippen molar-refractivity contribution in [3.63, 3.8) is 0 Å². The number of alkyl carbamates (subject to hydrolysis) is 1. The molecule has 2 rings (SSSR count). The third kappa shape index (κ3) is 7.22. The predicted octanol–water partition coefficient (Wildman–Crippen LogP) is 3.67. The molecule has 0 fully saturated rings. The third-order valence-corrected chi connectivity index (χ3v) is 3.62. The number of hydrogen-bond acceptors (Lipinski definition) is 5. The second-order valence-corrected chi connectivity index (χ2v) is 7.20.